The number of halogens is 4. The molecule has 0 aromatic heterocycles. The van der Waals surface area contributed by atoms with Crippen LogP contribution in [0.3, 0.4) is 0 Å². The Labute approximate surface area is 102 Å². The topological polar surface area (TPSA) is 12.5 Å². The van der Waals surface area contributed by atoms with Crippen molar-refractivity contribution in [2.75, 3.05) is 25.0 Å². The van der Waals surface area contributed by atoms with Crippen molar-refractivity contribution >= 4 is 15.9 Å². The van der Waals surface area contributed by atoms with Crippen molar-refractivity contribution in [2.45, 2.75) is 38.1 Å². The van der Waals surface area contributed by atoms with E-state index < -0.39 is 6.36 Å². The van der Waals surface area contributed by atoms with E-state index in [-0.39, 0.29) is 6.61 Å². The summed E-state index contributed by atoms with van der Waals surface area (Å²) < 4.78 is 39.3. The smallest absolute Gasteiger partial charge is 0.297 e. The molecule has 0 aliphatic carbocycles. The monoisotopic (exact) mass is 303 g/mol. The molecule has 1 rings (SSSR count). The Kier molecular flexibility index (Phi) is 6.07. The van der Waals surface area contributed by atoms with Crippen LogP contribution in [-0.4, -0.2) is 42.3 Å². The minimum Gasteiger partial charge on any atom is -0.297 e. The lowest BCUT2D eigenvalue weighted by molar-refractivity contribution is -0.325. The zero-order valence-electron chi connectivity index (χ0n) is 9.10. The Bertz CT molecular complexity index is 201. The van der Waals surface area contributed by atoms with Gasteiger partial charge >= 0.3 is 6.36 Å². The van der Waals surface area contributed by atoms with Gasteiger partial charge in [-0.15, -0.1) is 13.2 Å². The lowest BCUT2D eigenvalue weighted by Gasteiger charge is -2.28. The maximum atomic E-state index is 11.8. The molecule has 0 amide bonds. The molecule has 0 aromatic carbocycles. The molecule has 0 spiro atoms. The second kappa shape index (κ2) is 6.81. The molecule has 1 unspecified atom stereocenters. The van der Waals surface area contributed by atoms with Gasteiger partial charge < -0.3 is 0 Å². The molecule has 2 nitrogen and oxygen atoms in total. The van der Waals surface area contributed by atoms with Crippen molar-refractivity contribution in [3.63, 3.8) is 0 Å². The van der Waals surface area contributed by atoms with E-state index in [9.17, 15) is 13.2 Å². The zero-order chi connectivity index (χ0) is 12.0. The summed E-state index contributed by atoms with van der Waals surface area (Å²) in [4.78, 5) is 2.09. The molecule has 0 radical (unpaired) electrons. The molecule has 1 saturated heterocycles. The summed E-state index contributed by atoms with van der Waals surface area (Å²) in [5.41, 5.74) is 0. The average Bonchev–Trinajstić information content (AvgIpc) is 2.41. The van der Waals surface area contributed by atoms with Gasteiger partial charge in [0.15, 0.2) is 0 Å². The number of hydrogen-bond acceptors (Lipinski definition) is 2. The van der Waals surface area contributed by atoms with Crippen molar-refractivity contribution in [3.05, 3.63) is 0 Å². The van der Waals surface area contributed by atoms with E-state index in [2.05, 4.69) is 25.6 Å². The van der Waals surface area contributed by atoms with Crippen LogP contribution in [0.4, 0.5) is 13.2 Å². The summed E-state index contributed by atoms with van der Waals surface area (Å²) in [6.07, 6.45) is -0.0600. The molecule has 0 bridgehead atoms. The first-order chi connectivity index (χ1) is 7.53. The Morgan fingerprint density at radius 1 is 1.25 bits per heavy atom. The van der Waals surface area contributed by atoms with Crippen LogP contribution in [0, 0.1) is 0 Å². The van der Waals surface area contributed by atoms with Gasteiger partial charge in [-0.3, -0.25) is 9.64 Å². The average molecular weight is 304 g/mol. The molecule has 16 heavy (non-hydrogen) atoms. The molecule has 6 heteroatoms. The Morgan fingerprint density at radius 2 is 2.00 bits per heavy atom. The fourth-order valence-electron chi connectivity index (χ4n) is 1.98. The van der Waals surface area contributed by atoms with E-state index in [0.29, 0.717) is 12.6 Å². The van der Waals surface area contributed by atoms with Crippen molar-refractivity contribution in [1.82, 2.24) is 4.90 Å². The normalized spacial score (nSPS) is 24.4. The predicted octanol–water partition coefficient (Wildman–Crippen LogP) is 3.16. The second-order valence-electron chi connectivity index (χ2n) is 3.99. The van der Waals surface area contributed by atoms with Gasteiger partial charge in [-0.2, -0.15) is 0 Å². The van der Waals surface area contributed by atoms with Crippen LogP contribution in [-0.2, 0) is 4.74 Å². The standard InChI is InChI=1S/C10H17BrF3NO/c11-8-9-4-2-1-3-5-15(9)6-7-16-10(12,13)14/h9H,1-8H2. The fourth-order valence-corrected chi connectivity index (χ4v) is 2.72. The Hall–Kier alpha value is 0.190. The zero-order valence-corrected chi connectivity index (χ0v) is 10.7. The molecule has 1 atom stereocenters. The Morgan fingerprint density at radius 3 is 2.62 bits per heavy atom. The molecule has 0 N–H and O–H groups in total. The van der Waals surface area contributed by atoms with Crippen molar-refractivity contribution in [2.24, 2.45) is 0 Å². The van der Waals surface area contributed by atoms with E-state index in [1.807, 2.05) is 0 Å². The molecule has 1 aliphatic heterocycles. The first kappa shape index (κ1) is 14.3. The van der Waals surface area contributed by atoms with Crippen LogP contribution in [0.5, 0.6) is 0 Å². The van der Waals surface area contributed by atoms with E-state index in [1.165, 1.54) is 6.42 Å². The maximum Gasteiger partial charge on any atom is 0.522 e. The summed E-state index contributed by atoms with van der Waals surface area (Å²) in [5, 5.41) is 0.818. The number of likely N-dealkylation sites (tertiary alicyclic amines) is 1. The van der Waals surface area contributed by atoms with Gasteiger partial charge in [-0.25, -0.2) is 0 Å². The summed E-state index contributed by atoms with van der Waals surface area (Å²) in [7, 11) is 0. The first-order valence-electron chi connectivity index (χ1n) is 5.53. The van der Waals surface area contributed by atoms with Crippen LogP contribution in [0.15, 0.2) is 0 Å². The number of ether oxygens (including phenoxy) is 1. The second-order valence-corrected chi connectivity index (χ2v) is 4.64. The molecular weight excluding hydrogens is 287 g/mol. The number of rotatable bonds is 4. The number of alkyl halides is 4. The molecule has 1 heterocycles. The van der Waals surface area contributed by atoms with Gasteiger partial charge in [0.2, 0.25) is 0 Å². The fraction of sp³-hybridized carbons (Fsp3) is 1.00. The molecular formula is C10H17BrF3NO. The summed E-state index contributed by atoms with van der Waals surface area (Å²) in [6, 6.07) is 0.347. The van der Waals surface area contributed by atoms with Gasteiger partial charge in [0.1, 0.15) is 0 Å². The number of nitrogens with zero attached hydrogens (tertiary/aromatic N) is 1. The van der Waals surface area contributed by atoms with Crippen molar-refractivity contribution in [3.8, 4) is 0 Å². The summed E-state index contributed by atoms with van der Waals surface area (Å²) in [6.45, 7) is 0.959. The third-order valence-corrected chi connectivity index (χ3v) is 3.57. The largest absolute Gasteiger partial charge is 0.522 e. The minimum atomic E-state index is -4.50. The highest BCUT2D eigenvalue weighted by molar-refractivity contribution is 9.09. The molecule has 1 aliphatic rings. The quantitative estimate of drug-likeness (QED) is 0.740. The third kappa shape index (κ3) is 5.50. The van der Waals surface area contributed by atoms with Crippen LogP contribution in [0.25, 0.3) is 0 Å². The maximum absolute atomic E-state index is 11.8. The lowest BCUT2D eigenvalue weighted by Crippen LogP contribution is -2.39. The van der Waals surface area contributed by atoms with Crippen molar-refractivity contribution < 1.29 is 17.9 Å². The molecule has 0 saturated carbocycles. The van der Waals surface area contributed by atoms with Gasteiger partial charge in [-0.1, -0.05) is 28.8 Å². The van der Waals surface area contributed by atoms with Crippen LogP contribution < -0.4 is 0 Å². The number of hydrogen-bond donors (Lipinski definition) is 0. The SMILES string of the molecule is FC(F)(F)OCCN1CCCCCC1CBr. The van der Waals surface area contributed by atoms with E-state index >= 15 is 0 Å². The molecule has 0 aromatic rings. The van der Waals surface area contributed by atoms with E-state index in [0.717, 1.165) is 31.1 Å². The highest BCUT2D eigenvalue weighted by Crippen LogP contribution is 2.19. The summed E-state index contributed by atoms with van der Waals surface area (Å²) in [5.74, 6) is 0. The van der Waals surface area contributed by atoms with Crippen LogP contribution in [0.2, 0.25) is 0 Å². The highest BCUT2D eigenvalue weighted by atomic mass is 79.9. The molecule has 96 valence electrons. The third-order valence-electron chi connectivity index (χ3n) is 2.82. The first-order valence-corrected chi connectivity index (χ1v) is 6.66. The van der Waals surface area contributed by atoms with Gasteiger partial charge in [0.05, 0.1) is 6.61 Å². The van der Waals surface area contributed by atoms with E-state index in [1.54, 1.807) is 0 Å². The van der Waals surface area contributed by atoms with Crippen LogP contribution in [0.1, 0.15) is 25.7 Å². The summed E-state index contributed by atoms with van der Waals surface area (Å²) >= 11 is 3.41. The Balaban J connectivity index is 2.31. The van der Waals surface area contributed by atoms with Gasteiger partial charge in [-0.05, 0) is 19.4 Å². The van der Waals surface area contributed by atoms with Crippen LogP contribution >= 0.6 is 15.9 Å². The lowest BCUT2D eigenvalue weighted by atomic mass is 10.1. The molecule has 1 fully saturated rings. The predicted molar refractivity (Wildman–Crippen MR) is 59.6 cm³/mol. The van der Waals surface area contributed by atoms with Gasteiger partial charge in [0.25, 0.3) is 0 Å². The van der Waals surface area contributed by atoms with Crippen molar-refractivity contribution in [1.29, 1.82) is 0 Å². The van der Waals surface area contributed by atoms with E-state index in [4.69, 9.17) is 0 Å². The minimum absolute atomic E-state index is 0.271. The van der Waals surface area contributed by atoms with Gasteiger partial charge in [0, 0.05) is 17.9 Å². The highest BCUT2D eigenvalue weighted by Gasteiger charge is 2.29.